The predicted molar refractivity (Wildman–Crippen MR) is 87.6 cm³/mol. The van der Waals surface area contributed by atoms with Gasteiger partial charge < -0.3 is 9.47 Å². The standard InChI is InChI=1S/C18H18N3O3/c1-23-16-7-3-14(4-8-16)18(22)11-20-12-19-21(13-20)15-5-9-17(24-2)10-6-15/h3-10,12-13H,11H2,1-2H3/q+1. The van der Waals surface area contributed by atoms with Gasteiger partial charge in [0, 0.05) is 10.7 Å². The molecule has 1 aromatic heterocycles. The van der Waals surface area contributed by atoms with Gasteiger partial charge in [-0.1, -0.05) is 4.68 Å². The molecule has 3 aromatic rings. The molecule has 0 N–H and O–H groups in total. The minimum Gasteiger partial charge on any atom is -0.497 e. The quantitative estimate of drug-likeness (QED) is 0.514. The van der Waals surface area contributed by atoms with Crippen molar-refractivity contribution >= 4 is 5.78 Å². The third-order valence-electron chi connectivity index (χ3n) is 3.66. The van der Waals surface area contributed by atoms with Crippen LogP contribution >= 0.6 is 0 Å². The molecule has 0 unspecified atom stereocenters. The molecule has 0 saturated carbocycles. The molecule has 0 spiro atoms. The van der Waals surface area contributed by atoms with E-state index < -0.39 is 0 Å². The fourth-order valence-electron chi connectivity index (χ4n) is 2.31. The second kappa shape index (κ2) is 6.95. The van der Waals surface area contributed by atoms with E-state index in [9.17, 15) is 4.79 Å². The lowest BCUT2D eigenvalue weighted by Gasteiger charge is -2.01. The molecule has 0 aliphatic carbocycles. The maximum absolute atomic E-state index is 12.3. The molecule has 0 saturated heterocycles. The van der Waals surface area contributed by atoms with Gasteiger partial charge in [-0.25, -0.2) is 4.57 Å². The summed E-state index contributed by atoms with van der Waals surface area (Å²) in [6.45, 7) is 0.225. The van der Waals surface area contributed by atoms with Crippen molar-refractivity contribution in [1.29, 1.82) is 0 Å². The van der Waals surface area contributed by atoms with Crippen LogP contribution in [0.4, 0.5) is 0 Å². The Hall–Kier alpha value is -3.15. The highest BCUT2D eigenvalue weighted by atomic mass is 16.5. The molecule has 1 heterocycles. The summed E-state index contributed by atoms with van der Waals surface area (Å²) in [6, 6.07) is 14.6. The fourth-order valence-corrected chi connectivity index (χ4v) is 2.31. The van der Waals surface area contributed by atoms with Crippen LogP contribution in [0.2, 0.25) is 0 Å². The number of Topliss-reactive ketones (excluding diaryl/α,β-unsaturated/α-hetero) is 1. The largest absolute Gasteiger partial charge is 0.497 e. The Kier molecular flexibility index (Phi) is 4.56. The summed E-state index contributed by atoms with van der Waals surface area (Å²) >= 11 is 0. The molecular weight excluding hydrogens is 306 g/mol. The number of ketones is 1. The first-order valence-electron chi connectivity index (χ1n) is 7.45. The van der Waals surface area contributed by atoms with Gasteiger partial charge in [-0.15, -0.1) is 0 Å². The number of hydrogen-bond acceptors (Lipinski definition) is 4. The first kappa shape index (κ1) is 15.7. The minimum atomic E-state index is 0.0110. The second-order valence-electron chi connectivity index (χ2n) is 5.21. The summed E-state index contributed by atoms with van der Waals surface area (Å²) in [5.74, 6) is 1.52. The van der Waals surface area contributed by atoms with Crippen LogP contribution in [0, 0.1) is 0 Å². The Morgan fingerprint density at radius 1 is 1.00 bits per heavy atom. The molecular formula is C18H18N3O3+. The Balaban J connectivity index is 1.71. The number of hydrogen-bond donors (Lipinski definition) is 0. The third-order valence-corrected chi connectivity index (χ3v) is 3.66. The van der Waals surface area contributed by atoms with Crippen molar-refractivity contribution in [3.8, 4) is 17.2 Å². The maximum atomic E-state index is 12.3. The van der Waals surface area contributed by atoms with E-state index in [0.29, 0.717) is 5.56 Å². The van der Waals surface area contributed by atoms with E-state index in [2.05, 4.69) is 5.10 Å². The van der Waals surface area contributed by atoms with Crippen LogP contribution in [0.5, 0.6) is 11.5 Å². The SMILES string of the molecule is COc1ccc(C(=O)C[n+]2cnn(-c3ccc(OC)cc3)c2)cc1. The van der Waals surface area contributed by atoms with Crippen molar-refractivity contribution in [2.24, 2.45) is 0 Å². The van der Waals surface area contributed by atoms with E-state index in [-0.39, 0.29) is 12.3 Å². The Morgan fingerprint density at radius 3 is 2.17 bits per heavy atom. The number of ether oxygens (including phenoxy) is 2. The topological polar surface area (TPSA) is 57.2 Å². The third kappa shape index (κ3) is 3.43. The molecule has 24 heavy (non-hydrogen) atoms. The molecule has 0 amide bonds. The smallest absolute Gasteiger partial charge is 0.266 e. The van der Waals surface area contributed by atoms with Crippen LogP contribution in [0.1, 0.15) is 10.4 Å². The summed E-state index contributed by atoms with van der Waals surface area (Å²) in [5.41, 5.74) is 1.53. The molecule has 0 aliphatic heterocycles. The number of benzene rings is 2. The van der Waals surface area contributed by atoms with Crippen LogP contribution in [-0.2, 0) is 6.54 Å². The first-order chi connectivity index (χ1) is 11.7. The van der Waals surface area contributed by atoms with Crippen molar-refractivity contribution in [2.75, 3.05) is 14.2 Å². The zero-order valence-corrected chi connectivity index (χ0v) is 13.5. The van der Waals surface area contributed by atoms with Gasteiger partial charge in [-0.05, 0) is 48.5 Å². The monoisotopic (exact) mass is 324 g/mol. The van der Waals surface area contributed by atoms with Crippen LogP contribution in [0.3, 0.4) is 0 Å². The molecule has 0 radical (unpaired) electrons. The highest BCUT2D eigenvalue weighted by Gasteiger charge is 2.13. The molecule has 3 rings (SSSR count). The van der Waals surface area contributed by atoms with E-state index >= 15 is 0 Å². The summed E-state index contributed by atoms with van der Waals surface area (Å²) in [6.07, 6.45) is 3.41. The van der Waals surface area contributed by atoms with Crippen LogP contribution < -0.4 is 14.0 Å². The summed E-state index contributed by atoms with van der Waals surface area (Å²) in [4.78, 5) is 12.3. The van der Waals surface area contributed by atoms with Gasteiger partial charge in [-0.3, -0.25) is 4.79 Å². The van der Waals surface area contributed by atoms with Gasteiger partial charge in [0.25, 0.3) is 6.33 Å². The van der Waals surface area contributed by atoms with E-state index in [0.717, 1.165) is 17.2 Å². The zero-order valence-electron chi connectivity index (χ0n) is 13.5. The minimum absolute atomic E-state index is 0.0110. The van der Waals surface area contributed by atoms with Gasteiger partial charge in [-0.2, -0.15) is 0 Å². The lowest BCUT2D eigenvalue weighted by atomic mass is 10.1. The zero-order chi connectivity index (χ0) is 16.9. The van der Waals surface area contributed by atoms with E-state index in [1.165, 1.54) is 0 Å². The maximum Gasteiger partial charge on any atom is 0.266 e. The van der Waals surface area contributed by atoms with Gasteiger partial charge in [0.1, 0.15) is 23.7 Å². The first-order valence-corrected chi connectivity index (χ1v) is 7.45. The number of carbonyl (C=O) groups is 1. The molecule has 2 aromatic carbocycles. The molecule has 0 fully saturated rings. The number of nitrogens with zero attached hydrogens (tertiary/aromatic N) is 3. The van der Waals surface area contributed by atoms with Gasteiger partial charge in [0.05, 0.1) is 14.2 Å². The predicted octanol–water partition coefficient (Wildman–Crippen LogP) is 2.06. The Morgan fingerprint density at radius 2 is 1.58 bits per heavy atom. The molecule has 6 heteroatoms. The van der Waals surface area contributed by atoms with Crippen molar-refractivity contribution in [2.45, 2.75) is 6.54 Å². The number of methoxy groups -OCH3 is 2. The summed E-state index contributed by atoms with van der Waals surface area (Å²) < 4.78 is 13.7. The molecule has 6 nitrogen and oxygen atoms in total. The van der Waals surface area contributed by atoms with Crippen LogP contribution in [0.15, 0.2) is 61.2 Å². The molecule has 0 atom stereocenters. The van der Waals surface area contributed by atoms with Gasteiger partial charge in [0.2, 0.25) is 6.33 Å². The van der Waals surface area contributed by atoms with Gasteiger partial charge in [0.15, 0.2) is 5.78 Å². The highest BCUT2D eigenvalue weighted by Crippen LogP contribution is 2.14. The van der Waals surface area contributed by atoms with Gasteiger partial charge >= 0.3 is 0 Å². The number of rotatable bonds is 6. The second-order valence-corrected chi connectivity index (χ2v) is 5.21. The van der Waals surface area contributed by atoms with E-state index in [1.807, 2.05) is 24.3 Å². The van der Waals surface area contributed by atoms with Crippen LogP contribution in [-0.4, -0.2) is 29.8 Å². The molecule has 0 bridgehead atoms. The highest BCUT2D eigenvalue weighted by molar-refractivity contribution is 5.95. The van der Waals surface area contributed by atoms with Crippen molar-refractivity contribution in [1.82, 2.24) is 9.78 Å². The molecule has 0 aliphatic rings. The Bertz CT molecular complexity index is 823. The van der Waals surface area contributed by atoms with E-state index in [1.54, 1.807) is 60.4 Å². The number of aromatic nitrogens is 3. The average molecular weight is 324 g/mol. The Labute approximate surface area is 139 Å². The number of carbonyl (C=O) groups excluding carboxylic acids is 1. The van der Waals surface area contributed by atoms with Crippen molar-refractivity contribution in [3.63, 3.8) is 0 Å². The summed E-state index contributed by atoms with van der Waals surface area (Å²) in [5, 5.41) is 4.28. The fraction of sp³-hybridized carbons (Fsp3) is 0.167. The van der Waals surface area contributed by atoms with E-state index in [4.69, 9.17) is 9.47 Å². The lowest BCUT2D eigenvalue weighted by Crippen LogP contribution is -2.35. The normalized spacial score (nSPS) is 10.4. The average Bonchev–Trinajstić information content (AvgIpc) is 3.10. The summed E-state index contributed by atoms with van der Waals surface area (Å²) in [7, 11) is 3.22. The van der Waals surface area contributed by atoms with Crippen molar-refractivity contribution < 1.29 is 18.8 Å². The van der Waals surface area contributed by atoms with Crippen molar-refractivity contribution in [3.05, 3.63) is 66.7 Å². The molecule has 122 valence electrons. The lowest BCUT2D eigenvalue weighted by molar-refractivity contribution is -0.683. The van der Waals surface area contributed by atoms with Crippen LogP contribution in [0.25, 0.3) is 5.69 Å².